The molecule has 0 radical (unpaired) electrons. The van der Waals surface area contributed by atoms with Gasteiger partial charge in [-0.2, -0.15) is 8.42 Å². The Morgan fingerprint density at radius 2 is 2.25 bits per heavy atom. The molecule has 1 atom stereocenters. The van der Waals surface area contributed by atoms with Gasteiger partial charge in [-0.15, -0.1) is 0 Å². The Morgan fingerprint density at radius 1 is 1.75 bits per heavy atom. The molecule has 8 heavy (non-hydrogen) atoms. The fourth-order valence-electron chi connectivity index (χ4n) is 0.406. The summed E-state index contributed by atoms with van der Waals surface area (Å²) in [5, 5.41) is 0. The molecule has 0 aliphatic carbocycles. The van der Waals surface area contributed by atoms with E-state index in [0.29, 0.717) is 0 Å². The van der Waals surface area contributed by atoms with Gasteiger partial charge in [0.25, 0.3) is 0 Å². The summed E-state index contributed by atoms with van der Waals surface area (Å²) in [6, 6.07) is 0. The van der Waals surface area contributed by atoms with Gasteiger partial charge >= 0.3 is 9.15 Å². The lowest BCUT2D eigenvalue weighted by atomic mass is 10.5. The van der Waals surface area contributed by atoms with Crippen molar-refractivity contribution in [2.24, 2.45) is 0 Å². The highest BCUT2D eigenvalue weighted by atomic mass is 33.2. The van der Waals surface area contributed by atoms with Crippen molar-refractivity contribution in [3.8, 4) is 0 Å². The van der Waals surface area contributed by atoms with Gasteiger partial charge in [0.1, 0.15) is 5.44 Å². The minimum atomic E-state index is -3.13. The van der Waals surface area contributed by atoms with Crippen LogP contribution in [0.1, 0.15) is 13.3 Å². The summed E-state index contributed by atoms with van der Waals surface area (Å²) < 4.78 is 24.8. The average Bonchev–Trinajstić information content (AvgIpc) is 1.60. The molecule has 1 unspecified atom stereocenters. The molecule has 1 aliphatic heterocycles. The van der Waals surface area contributed by atoms with Crippen LogP contribution in [0.5, 0.6) is 0 Å². The van der Waals surface area contributed by atoms with Crippen LogP contribution in [0, 0.1) is 0 Å². The molecular weight excluding hydrogens is 148 g/mol. The highest BCUT2D eigenvalue weighted by Crippen LogP contribution is 2.36. The van der Waals surface area contributed by atoms with Crippen molar-refractivity contribution in [2.45, 2.75) is 18.8 Å². The average molecular weight is 154 g/mol. The summed E-state index contributed by atoms with van der Waals surface area (Å²) in [7, 11) is -2.25. The summed E-state index contributed by atoms with van der Waals surface area (Å²) >= 11 is 0. The molecule has 48 valence electrons. The predicted octanol–water partition coefficient (Wildman–Crippen LogP) is 0.731. The van der Waals surface area contributed by atoms with Crippen LogP contribution in [-0.4, -0.2) is 13.9 Å². The van der Waals surface area contributed by atoms with E-state index in [9.17, 15) is 8.42 Å². The quantitative estimate of drug-likeness (QED) is 0.522. The Balaban J connectivity index is 2.43. The number of hydrogen-bond acceptors (Lipinski definition) is 4. The molecule has 1 heterocycles. The topological polar surface area (TPSA) is 43.4 Å². The second kappa shape index (κ2) is 1.89. The van der Waals surface area contributed by atoms with E-state index in [1.165, 1.54) is 0 Å². The van der Waals surface area contributed by atoms with Gasteiger partial charge in [-0.05, 0) is 6.42 Å². The molecule has 0 saturated carbocycles. The monoisotopic (exact) mass is 154 g/mol. The zero-order chi connectivity index (χ0) is 6.20. The van der Waals surface area contributed by atoms with Crippen molar-refractivity contribution in [3.05, 3.63) is 0 Å². The van der Waals surface area contributed by atoms with E-state index in [1.807, 2.05) is 6.92 Å². The van der Waals surface area contributed by atoms with Crippen molar-refractivity contribution < 1.29 is 12.6 Å². The van der Waals surface area contributed by atoms with Crippen molar-refractivity contribution in [1.82, 2.24) is 0 Å². The van der Waals surface area contributed by atoms with Gasteiger partial charge in [0, 0.05) is 10.8 Å². The molecule has 0 N–H and O–H groups in total. The Hall–Kier alpha value is 0.260. The maximum Gasteiger partial charge on any atom is 0.325 e. The van der Waals surface area contributed by atoms with Crippen molar-refractivity contribution in [3.63, 3.8) is 0 Å². The minimum Gasteiger partial charge on any atom is -0.246 e. The van der Waals surface area contributed by atoms with Crippen LogP contribution in [0.2, 0.25) is 0 Å². The Labute approximate surface area is 51.9 Å². The zero-order valence-corrected chi connectivity index (χ0v) is 5.96. The first-order valence-corrected chi connectivity index (χ1v) is 5.06. The second-order valence-corrected chi connectivity index (χ2v) is 4.97. The van der Waals surface area contributed by atoms with Crippen LogP contribution in [0.3, 0.4) is 0 Å². The summed E-state index contributed by atoms with van der Waals surface area (Å²) in [5.41, 5.74) is -0.111. The third kappa shape index (κ3) is 1.15. The van der Waals surface area contributed by atoms with Gasteiger partial charge in [0.15, 0.2) is 0 Å². The lowest BCUT2D eigenvalue weighted by Crippen LogP contribution is -2.24. The Morgan fingerprint density at radius 3 is 2.38 bits per heavy atom. The SMILES string of the molecule is CCC1OS(=O)(=O)S1. The lowest BCUT2D eigenvalue weighted by molar-refractivity contribution is 0.280. The van der Waals surface area contributed by atoms with Gasteiger partial charge in [0.2, 0.25) is 0 Å². The van der Waals surface area contributed by atoms with Crippen LogP contribution in [0.15, 0.2) is 0 Å². The molecule has 0 spiro atoms. The summed E-state index contributed by atoms with van der Waals surface area (Å²) in [6.45, 7) is 1.88. The van der Waals surface area contributed by atoms with Gasteiger partial charge in [0.05, 0.1) is 0 Å². The third-order valence-corrected chi connectivity index (χ3v) is 3.84. The van der Waals surface area contributed by atoms with E-state index in [2.05, 4.69) is 4.18 Å². The maximum atomic E-state index is 10.2. The Bertz CT molecular complexity index is 159. The molecular formula is C3H6O3S2. The van der Waals surface area contributed by atoms with E-state index in [1.54, 1.807) is 0 Å². The lowest BCUT2D eigenvalue weighted by Gasteiger charge is -2.22. The molecule has 0 aromatic carbocycles. The molecule has 0 aromatic rings. The van der Waals surface area contributed by atoms with E-state index in [0.717, 1.165) is 17.2 Å². The van der Waals surface area contributed by atoms with Crippen molar-refractivity contribution in [2.75, 3.05) is 0 Å². The molecule has 1 rings (SSSR count). The maximum absolute atomic E-state index is 10.2. The first-order valence-electron chi connectivity index (χ1n) is 2.25. The smallest absolute Gasteiger partial charge is 0.246 e. The molecule has 0 amide bonds. The fourth-order valence-corrected chi connectivity index (χ4v) is 2.91. The molecule has 0 aromatic heterocycles. The summed E-state index contributed by atoms with van der Waals surface area (Å²) in [4.78, 5) is 0. The second-order valence-electron chi connectivity index (χ2n) is 1.44. The van der Waals surface area contributed by atoms with Crippen molar-refractivity contribution in [1.29, 1.82) is 0 Å². The standard InChI is InChI=1S/C3H6O3S2/c1-2-3-6-8(4,5)7-3/h3H,2H2,1H3. The minimum absolute atomic E-state index is 0.111. The van der Waals surface area contributed by atoms with Gasteiger partial charge < -0.3 is 0 Å². The predicted molar refractivity (Wildman–Crippen MR) is 31.7 cm³/mol. The first kappa shape index (κ1) is 6.38. The van der Waals surface area contributed by atoms with E-state index < -0.39 is 9.15 Å². The number of hydrogen-bond donors (Lipinski definition) is 0. The largest absolute Gasteiger partial charge is 0.325 e. The highest BCUT2D eigenvalue weighted by Gasteiger charge is 2.34. The van der Waals surface area contributed by atoms with Crippen LogP contribution in [-0.2, 0) is 13.3 Å². The van der Waals surface area contributed by atoms with E-state index in [-0.39, 0.29) is 5.44 Å². The first-order chi connectivity index (χ1) is 3.64. The molecule has 1 aliphatic rings. The van der Waals surface area contributed by atoms with Gasteiger partial charge in [-0.25, -0.2) is 4.18 Å². The normalized spacial score (nSPS) is 33.9. The fraction of sp³-hybridized carbons (Fsp3) is 1.00. The van der Waals surface area contributed by atoms with E-state index >= 15 is 0 Å². The molecule has 5 heteroatoms. The molecule has 0 bridgehead atoms. The van der Waals surface area contributed by atoms with E-state index in [4.69, 9.17) is 0 Å². The summed E-state index contributed by atoms with van der Waals surface area (Å²) in [6.07, 6.45) is 0.754. The van der Waals surface area contributed by atoms with Crippen LogP contribution in [0.25, 0.3) is 0 Å². The third-order valence-electron chi connectivity index (χ3n) is 0.784. The van der Waals surface area contributed by atoms with Crippen LogP contribution < -0.4 is 0 Å². The molecule has 1 saturated heterocycles. The van der Waals surface area contributed by atoms with Crippen LogP contribution >= 0.6 is 10.8 Å². The van der Waals surface area contributed by atoms with Gasteiger partial charge in [-0.1, -0.05) is 6.92 Å². The summed E-state index contributed by atoms with van der Waals surface area (Å²) in [5.74, 6) is 0. The van der Waals surface area contributed by atoms with Crippen LogP contribution in [0.4, 0.5) is 0 Å². The zero-order valence-electron chi connectivity index (χ0n) is 4.33. The molecule has 3 nitrogen and oxygen atoms in total. The highest BCUT2D eigenvalue weighted by molar-refractivity contribution is 8.72. The van der Waals surface area contributed by atoms with Gasteiger partial charge in [-0.3, -0.25) is 0 Å². The Kier molecular flexibility index (Phi) is 1.51. The molecule has 1 fully saturated rings. The van der Waals surface area contributed by atoms with Crippen molar-refractivity contribution >= 4 is 19.9 Å². The number of rotatable bonds is 1.